The van der Waals surface area contributed by atoms with Gasteiger partial charge < -0.3 is 15.5 Å². The number of rotatable bonds is 9. The van der Waals surface area contributed by atoms with E-state index in [1.165, 1.54) is 12.0 Å². The molecule has 0 unspecified atom stereocenters. The van der Waals surface area contributed by atoms with Crippen molar-refractivity contribution in [1.29, 1.82) is 0 Å². The molecular weight excluding hydrogens is 534 g/mol. The molecule has 0 spiro atoms. The Morgan fingerprint density at radius 3 is 2.28 bits per heavy atom. The minimum atomic E-state index is 0.674. The molecule has 0 saturated carbocycles. The molecule has 220 valence electrons. The first-order chi connectivity index (χ1) is 20.9. The fourth-order valence-corrected chi connectivity index (χ4v) is 5.47. The van der Waals surface area contributed by atoms with Gasteiger partial charge in [-0.25, -0.2) is 9.97 Å². The number of aromatic nitrogens is 6. The molecule has 5 aromatic rings. The Hall–Kier alpha value is -4.92. The zero-order chi connectivity index (χ0) is 29.9. The summed E-state index contributed by atoms with van der Waals surface area (Å²) in [4.78, 5) is 12.3. The van der Waals surface area contributed by atoms with E-state index in [9.17, 15) is 0 Å². The van der Waals surface area contributed by atoms with Gasteiger partial charge in [0.15, 0.2) is 5.82 Å². The van der Waals surface area contributed by atoms with Crippen molar-refractivity contribution >= 4 is 17.2 Å². The van der Waals surface area contributed by atoms with Gasteiger partial charge in [0.2, 0.25) is 0 Å². The van der Waals surface area contributed by atoms with E-state index in [0.717, 1.165) is 83.0 Å². The lowest BCUT2D eigenvalue weighted by molar-refractivity contribution is 0.587. The average molecular weight is 574 g/mol. The van der Waals surface area contributed by atoms with Crippen LogP contribution in [0.4, 0.5) is 17.2 Å². The number of fused-ring (bicyclic) bond motifs is 1. The quantitative estimate of drug-likeness (QED) is 0.202. The second-order valence-electron chi connectivity index (χ2n) is 11.5. The molecule has 43 heavy (non-hydrogen) atoms. The molecular formula is C34H39N9. The Morgan fingerprint density at radius 2 is 1.63 bits per heavy atom. The normalized spacial score (nSPS) is 13.0. The third kappa shape index (κ3) is 6.16. The van der Waals surface area contributed by atoms with Gasteiger partial charge in [-0.2, -0.15) is 10.2 Å². The van der Waals surface area contributed by atoms with E-state index in [2.05, 4.69) is 82.6 Å². The highest BCUT2D eigenvalue weighted by molar-refractivity contribution is 5.76. The lowest BCUT2D eigenvalue weighted by atomic mass is 10.00. The fraction of sp³-hybridized carbons (Fsp3) is 0.294. The first-order valence-electron chi connectivity index (χ1n) is 14.9. The predicted octanol–water partition coefficient (Wildman–Crippen LogP) is 6.74. The van der Waals surface area contributed by atoms with E-state index in [0.29, 0.717) is 5.92 Å². The van der Waals surface area contributed by atoms with Crippen molar-refractivity contribution in [3.63, 3.8) is 0 Å². The number of benzene rings is 1. The second kappa shape index (κ2) is 12.1. The smallest absolute Gasteiger partial charge is 0.158 e. The van der Waals surface area contributed by atoms with Crippen LogP contribution in [0.15, 0.2) is 85.5 Å². The molecule has 1 aromatic carbocycles. The van der Waals surface area contributed by atoms with Gasteiger partial charge in [-0.05, 0) is 73.2 Å². The van der Waals surface area contributed by atoms with Gasteiger partial charge in [0.25, 0.3) is 0 Å². The van der Waals surface area contributed by atoms with Crippen LogP contribution in [0.1, 0.15) is 32.3 Å². The van der Waals surface area contributed by atoms with E-state index in [4.69, 9.17) is 9.97 Å². The summed E-state index contributed by atoms with van der Waals surface area (Å²) < 4.78 is 3.65. The SMILES string of the molecule is C=C(Nc1cc(-c2ccnn2C)nc(-c2ccnn2C)c1)N1CCCNc2ccc(-c3cccc(CCC(C)C)c3)nc21. The van der Waals surface area contributed by atoms with E-state index in [1.807, 2.05) is 47.7 Å². The van der Waals surface area contributed by atoms with Crippen LogP contribution >= 0.6 is 0 Å². The summed E-state index contributed by atoms with van der Waals surface area (Å²) in [5.41, 5.74) is 8.76. The van der Waals surface area contributed by atoms with Crippen molar-refractivity contribution in [2.75, 3.05) is 28.6 Å². The predicted molar refractivity (Wildman–Crippen MR) is 175 cm³/mol. The number of nitrogens with one attached hydrogen (secondary N) is 2. The summed E-state index contributed by atoms with van der Waals surface area (Å²) in [6.07, 6.45) is 6.75. The van der Waals surface area contributed by atoms with Crippen LogP contribution in [0.3, 0.4) is 0 Å². The maximum absolute atomic E-state index is 5.19. The van der Waals surface area contributed by atoms with Gasteiger partial charge in [-0.1, -0.05) is 38.6 Å². The Morgan fingerprint density at radius 1 is 0.907 bits per heavy atom. The molecule has 6 rings (SSSR count). The summed E-state index contributed by atoms with van der Waals surface area (Å²) >= 11 is 0. The molecule has 0 amide bonds. The molecule has 9 nitrogen and oxygen atoms in total. The topological polar surface area (TPSA) is 88.7 Å². The average Bonchev–Trinajstić information content (AvgIpc) is 3.57. The molecule has 4 aromatic heterocycles. The van der Waals surface area contributed by atoms with E-state index < -0.39 is 0 Å². The molecule has 9 heteroatoms. The van der Waals surface area contributed by atoms with Crippen LogP contribution in [0, 0.1) is 5.92 Å². The molecule has 2 N–H and O–H groups in total. The van der Waals surface area contributed by atoms with Gasteiger partial charge in [-0.15, -0.1) is 0 Å². The fourth-order valence-electron chi connectivity index (χ4n) is 5.47. The van der Waals surface area contributed by atoms with Crippen LogP contribution in [0.5, 0.6) is 0 Å². The lowest BCUT2D eigenvalue weighted by Crippen LogP contribution is -2.28. The van der Waals surface area contributed by atoms with Crippen LogP contribution in [0.2, 0.25) is 0 Å². The monoisotopic (exact) mass is 573 g/mol. The Kier molecular flexibility index (Phi) is 7.96. The number of hydrogen-bond acceptors (Lipinski definition) is 7. The van der Waals surface area contributed by atoms with Gasteiger partial charge in [0, 0.05) is 50.8 Å². The van der Waals surface area contributed by atoms with Gasteiger partial charge in [-0.3, -0.25) is 9.36 Å². The molecule has 1 aliphatic rings. The van der Waals surface area contributed by atoms with Crippen molar-refractivity contribution in [2.45, 2.75) is 33.1 Å². The Bertz CT molecular complexity index is 1690. The highest BCUT2D eigenvalue weighted by Gasteiger charge is 2.21. The van der Waals surface area contributed by atoms with E-state index in [-0.39, 0.29) is 0 Å². The Balaban J connectivity index is 1.33. The highest BCUT2D eigenvalue weighted by atomic mass is 15.3. The van der Waals surface area contributed by atoms with Crippen molar-refractivity contribution in [2.24, 2.45) is 20.0 Å². The number of nitrogens with zero attached hydrogens (tertiary/aromatic N) is 7. The van der Waals surface area contributed by atoms with Crippen LogP contribution in [-0.4, -0.2) is 42.6 Å². The van der Waals surface area contributed by atoms with Crippen LogP contribution in [-0.2, 0) is 20.5 Å². The molecule has 0 bridgehead atoms. The highest BCUT2D eigenvalue weighted by Crippen LogP contribution is 2.34. The van der Waals surface area contributed by atoms with Crippen molar-refractivity contribution in [3.05, 3.63) is 91.0 Å². The molecule has 1 aliphatic heterocycles. The van der Waals surface area contributed by atoms with Gasteiger partial charge >= 0.3 is 0 Å². The number of pyridine rings is 2. The minimum absolute atomic E-state index is 0.674. The van der Waals surface area contributed by atoms with Crippen LogP contribution < -0.4 is 15.5 Å². The molecule has 0 aliphatic carbocycles. The first kappa shape index (κ1) is 28.2. The standard InChI is InChI=1S/C34H39N9/c1-23(2)10-11-25-8-6-9-26(20-25)28-12-13-29-34(40-28)43(19-7-16-35-29)24(3)38-27-21-30(32-14-17-36-41(32)4)39-31(22-27)33-15-18-37-42(33)5/h6,8-9,12-15,17-18,20-23,35H,3,7,10-11,16,19H2,1-2,4-5H3,(H,38,39). The minimum Gasteiger partial charge on any atom is -0.382 e. The third-order valence-corrected chi connectivity index (χ3v) is 7.84. The second-order valence-corrected chi connectivity index (χ2v) is 11.5. The molecule has 5 heterocycles. The zero-order valence-electron chi connectivity index (χ0n) is 25.4. The van der Waals surface area contributed by atoms with Crippen molar-refractivity contribution in [3.8, 4) is 34.0 Å². The molecule has 0 radical (unpaired) electrons. The first-order valence-corrected chi connectivity index (χ1v) is 14.9. The molecule has 0 fully saturated rings. The summed E-state index contributed by atoms with van der Waals surface area (Å²) in [5, 5.41) is 15.9. The number of anilines is 3. The summed E-state index contributed by atoms with van der Waals surface area (Å²) in [6, 6.07) is 21.0. The number of aryl methyl sites for hydroxylation is 3. The lowest BCUT2D eigenvalue weighted by Gasteiger charge is -2.27. The van der Waals surface area contributed by atoms with E-state index in [1.54, 1.807) is 12.4 Å². The van der Waals surface area contributed by atoms with Gasteiger partial charge in [0.1, 0.15) is 5.82 Å². The maximum Gasteiger partial charge on any atom is 0.158 e. The van der Waals surface area contributed by atoms with E-state index >= 15 is 0 Å². The molecule has 0 saturated heterocycles. The summed E-state index contributed by atoms with van der Waals surface area (Å²) in [7, 11) is 3.84. The van der Waals surface area contributed by atoms with Crippen molar-refractivity contribution in [1.82, 2.24) is 29.5 Å². The third-order valence-electron chi connectivity index (χ3n) is 7.84. The maximum atomic E-state index is 5.19. The number of hydrogen-bond donors (Lipinski definition) is 2. The largest absolute Gasteiger partial charge is 0.382 e. The van der Waals surface area contributed by atoms with Crippen LogP contribution in [0.25, 0.3) is 34.0 Å². The summed E-state index contributed by atoms with van der Waals surface area (Å²) in [5.74, 6) is 2.29. The Labute approximate surface area is 253 Å². The zero-order valence-corrected chi connectivity index (χ0v) is 25.4. The summed E-state index contributed by atoms with van der Waals surface area (Å²) in [6.45, 7) is 10.7. The van der Waals surface area contributed by atoms with Crippen molar-refractivity contribution < 1.29 is 0 Å². The molecule has 0 atom stereocenters. The van der Waals surface area contributed by atoms with Gasteiger partial charge in [0.05, 0.1) is 34.2 Å².